The maximum Gasteiger partial charge on any atom is 0.229 e. The van der Waals surface area contributed by atoms with E-state index in [1.165, 1.54) is 0 Å². The van der Waals surface area contributed by atoms with Crippen LogP contribution >= 0.6 is 0 Å². The molecule has 2 rings (SSSR count). The van der Waals surface area contributed by atoms with Crippen molar-refractivity contribution in [3.63, 3.8) is 0 Å². The molecule has 0 bridgehead atoms. The van der Waals surface area contributed by atoms with E-state index in [0.717, 1.165) is 12.1 Å². The van der Waals surface area contributed by atoms with E-state index >= 15 is 0 Å². The van der Waals surface area contributed by atoms with Gasteiger partial charge in [0, 0.05) is 24.1 Å². The second-order valence-electron chi connectivity index (χ2n) is 3.23. The highest BCUT2D eigenvalue weighted by molar-refractivity contribution is 5.94. The predicted octanol–water partition coefficient (Wildman–Crippen LogP) is 0.367. The SMILES string of the molecule is NC1CC1C(=O)Nc1ccncc1. The number of rotatable bonds is 2. The van der Waals surface area contributed by atoms with Crippen molar-refractivity contribution in [2.45, 2.75) is 12.5 Å². The quantitative estimate of drug-likeness (QED) is 0.685. The monoisotopic (exact) mass is 177 g/mol. The summed E-state index contributed by atoms with van der Waals surface area (Å²) in [6, 6.07) is 3.57. The van der Waals surface area contributed by atoms with Gasteiger partial charge in [-0.15, -0.1) is 0 Å². The van der Waals surface area contributed by atoms with Crippen molar-refractivity contribution in [2.75, 3.05) is 5.32 Å². The van der Waals surface area contributed by atoms with Crippen LogP contribution in [0.1, 0.15) is 6.42 Å². The third-order valence-electron chi connectivity index (χ3n) is 2.12. The summed E-state index contributed by atoms with van der Waals surface area (Å²) < 4.78 is 0. The van der Waals surface area contributed by atoms with E-state index in [1.54, 1.807) is 24.5 Å². The summed E-state index contributed by atoms with van der Waals surface area (Å²) in [4.78, 5) is 15.2. The average molecular weight is 177 g/mol. The molecule has 1 aliphatic carbocycles. The molecule has 2 atom stereocenters. The summed E-state index contributed by atoms with van der Waals surface area (Å²) in [7, 11) is 0. The molecule has 4 heteroatoms. The molecule has 13 heavy (non-hydrogen) atoms. The van der Waals surface area contributed by atoms with Crippen molar-refractivity contribution < 1.29 is 4.79 Å². The van der Waals surface area contributed by atoms with Gasteiger partial charge in [0.1, 0.15) is 0 Å². The predicted molar refractivity (Wildman–Crippen MR) is 48.9 cm³/mol. The number of amides is 1. The molecule has 2 unspecified atom stereocenters. The summed E-state index contributed by atoms with van der Waals surface area (Å²) >= 11 is 0. The van der Waals surface area contributed by atoms with Gasteiger partial charge in [0.2, 0.25) is 5.91 Å². The average Bonchev–Trinajstić information content (AvgIpc) is 2.84. The Hall–Kier alpha value is -1.42. The van der Waals surface area contributed by atoms with Crippen LogP contribution in [-0.4, -0.2) is 16.9 Å². The minimum atomic E-state index is 0.00756. The minimum Gasteiger partial charge on any atom is -0.327 e. The second-order valence-corrected chi connectivity index (χ2v) is 3.23. The molecule has 1 amide bonds. The molecule has 0 aliphatic heterocycles. The lowest BCUT2D eigenvalue weighted by atomic mass is 10.3. The fourth-order valence-electron chi connectivity index (χ4n) is 1.19. The van der Waals surface area contributed by atoms with Gasteiger partial charge in [-0.25, -0.2) is 0 Å². The van der Waals surface area contributed by atoms with Crippen LogP contribution in [0.2, 0.25) is 0 Å². The highest BCUT2D eigenvalue weighted by Crippen LogP contribution is 2.28. The van der Waals surface area contributed by atoms with Gasteiger partial charge in [-0.05, 0) is 18.6 Å². The van der Waals surface area contributed by atoms with Crippen LogP contribution in [0.25, 0.3) is 0 Å². The van der Waals surface area contributed by atoms with Gasteiger partial charge in [-0.3, -0.25) is 9.78 Å². The van der Waals surface area contributed by atoms with Gasteiger partial charge in [0.25, 0.3) is 0 Å². The number of hydrogen-bond donors (Lipinski definition) is 2. The number of pyridine rings is 1. The molecule has 0 aromatic carbocycles. The maximum atomic E-state index is 11.4. The van der Waals surface area contributed by atoms with Gasteiger partial charge in [-0.2, -0.15) is 0 Å². The Labute approximate surface area is 76.2 Å². The van der Waals surface area contributed by atoms with Crippen LogP contribution in [0.4, 0.5) is 5.69 Å². The largest absolute Gasteiger partial charge is 0.327 e. The summed E-state index contributed by atoms with van der Waals surface area (Å²) in [5.74, 6) is 0.0202. The minimum absolute atomic E-state index is 0.00756. The Morgan fingerprint density at radius 3 is 2.69 bits per heavy atom. The van der Waals surface area contributed by atoms with Crippen LogP contribution in [0.5, 0.6) is 0 Å². The molecular formula is C9H11N3O. The van der Waals surface area contributed by atoms with Crippen molar-refractivity contribution in [1.29, 1.82) is 0 Å². The number of anilines is 1. The summed E-state index contributed by atoms with van der Waals surface area (Å²) in [6.45, 7) is 0. The number of carbonyl (C=O) groups excluding carboxylic acids is 1. The first-order valence-corrected chi connectivity index (χ1v) is 4.24. The zero-order chi connectivity index (χ0) is 9.26. The molecule has 1 aliphatic rings. The van der Waals surface area contributed by atoms with Gasteiger partial charge >= 0.3 is 0 Å². The highest BCUT2D eigenvalue weighted by atomic mass is 16.2. The Kier molecular flexibility index (Phi) is 1.98. The number of nitrogens with one attached hydrogen (secondary N) is 1. The number of nitrogens with zero attached hydrogens (tertiary/aromatic N) is 1. The molecule has 1 saturated carbocycles. The molecule has 1 heterocycles. The standard InChI is InChI=1S/C9H11N3O/c10-8-5-7(8)9(13)12-6-1-3-11-4-2-6/h1-4,7-8H,5,10H2,(H,11,12,13). The summed E-state index contributed by atoms with van der Waals surface area (Å²) in [5, 5.41) is 2.78. The first-order chi connectivity index (χ1) is 6.27. The molecule has 3 N–H and O–H groups in total. The van der Waals surface area contributed by atoms with Crippen molar-refractivity contribution >= 4 is 11.6 Å². The van der Waals surface area contributed by atoms with E-state index in [0.29, 0.717) is 0 Å². The maximum absolute atomic E-state index is 11.4. The first kappa shape index (κ1) is 8.19. The molecular weight excluding hydrogens is 166 g/mol. The Balaban J connectivity index is 1.95. The lowest BCUT2D eigenvalue weighted by Gasteiger charge is -2.02. The Morgan fingerprint density at radius 2 is 2.15 bits per heavy atom. The first-order valence-electron chi connectivity index (χ1n) is 4.24. The number of carbonyl (C=O) groups is 1. The fraction of sp³-hybridized carbons (Fsp3) is 0.333. The molecule has 0 spiro atoms. The molecule has 68 valence electrons. The van der Waals surface area contributed by atoms with Crippen LogP contribution in [0.3, 0.4) is 0 Å². The highest BCUT2D eigenvalue weighted by Gasteiger charge is 2.39. The number of hydrogen-bond acceptors (Lipinski definition) is 3. The zero-order valence-corrected chi connectivity index (χ0v) is 7.10. The van der Waals surface area contributed by atoms with Gasteiger partial charge in [0.05, 0.1) is 5.92 Å². The normalized spacial score (nSPS) is 25.3. The number of aromatic nitrogens is 1. The van der Waals surface area contributed by atoms with E-state index in [2.05, 4.69) is 10.3 Å². The van der Waals surface area contributed by atoms with E-state index in [9.17, 15) is 4.79 Å². The van der Waals surface area contributed by atoms with Crippen LogP contribution in [0.15, 0.2) is 24.5 Å². The fourth-order valence-corrected chi connectivity index (χ4v) is 1.19. The molecule has 0 radical (unpaired) electrons. The molecule has 0 saturated heterocycles. The van der Waals surface area contributed by atoms with Crippen molar-refractivity contribution in [3.8, 4) is 0 Å². The number of nitrogens with two attached hydrogens (primary N) is 1. The lowest BCUT2D eigenvalue weighted by molar-refractivity contribution is -0.117. The van der Waals surface area contributed by atoms with Crippen molar-refractivity contribution in [1.82, 2.24) is 4.98 Å². The van der Waals surface area contributed by atoms with Gasteiger partial charge in [-0.1, -0.05) is 0 Å². The Bertz CT molecular complexity index is 312. The smallest absolute Gasteiger partial charge is 0.229 e. The molecule has 1 aromatic heterocycles. The van der Waals surface area contributed by atoms with Gasteiger partial charge in [0.15, 0.2) is 0 Å². The summed E-state index contributed by atoms with van der Waals surface area (Å²) in [6.07, 6.45) is 4.09. The zero-order valence-electron chi connectivity index (χ0n) is 7.10. The van der Waals surface area contributed by atoms with E-state index in [1.807, 2.05) is 0 Å². The Morgan fingerprint density at radius 1 is 1.54 bits per heavy atom. The van der Waals surface area contributed by atoms with Crippen LogP contribution < -0.4 is 11.1 Å². The van der Waals surface area contributed by atoms with Crippen molar-refractivity contribution in [3.05, 3.63) is 24.5 Å². The van der Waals surface area contributed by atoms with Crippen LogP contribution in [0, 0.1) is 5.92 Å². The van der Waals surface area contributed by atoms with E-state index in [4.69, 9.17) is 5.73 Å². The van der Waals surface area contributed by atoms with E-state index in [-0.39, 0.29) is 17.9 Å². The second kappa shape index (κ2) is 3.14. The van der Waals surface area contributed by atoms with E-state index < -0.39 is 0 Å². The summed E-state index contributed by atoms with van der Waals surface area (Å²) in [5.41, 5.74) is 6.32. The van der Waals surface area contributed by atoms with Crippen molar-refractivity contribution in [2.24, 2.45) is 11.7 Å². The molecule has 1 aromatic rings. The molecule has 4 nitrogen and oxygen atoms in total. The van der Waals surface area contributed by atoms with Crippen LogP contribution in [-0.2, 0) is 4.79 Å². The molecule has 1 fully saturated rings. The third-order valence-corrected chi connectivity index (χ3v) is 2.12. The lowest BCUT2D eigenvalue weighted by Crippen LogP contribution is -2.18. The topological polar surface area (TPSA) is 68.0 Å². The third kappa shape index (κ3) is 1.84. The van der Waals surface area contributed by atoms with Gasteiger partial charge < -0.3 is 11.1 Å².